The molecule has 4 nitrogen and oxygen atoms in total. The molecule has 68 valence electrons. The molecule has 0 rings (SSSR count). The smallest absolute Gasteiger partial charge is 0.0701 e. The van der Waals surface area contributed by atoms with Gasteiger partial charge in [0.1, 0.15) is 0 Å². The van der Waals surface area contributed by atoms with E-state index in [0.717, 1.165) is 13.0 Å². The van der Waals surface area contributed by atoms with Gasteiger partial charge in [-0.3, -0.25) is 0 Å². The van der Waals surface area contributed by atoms with Crippen molar-refractivity contribution in [3.63, 3.8) is 0 Å². The summed E-state index contributed by atoms with van der Waals surface area (Å²) in [5, 5.41) is 0. The molecule has 0 atom stereocenters. The van der Waals surface area contributed by atoms with E-state index in [1.807, 2.05) is 0 Å². The third-order valence-electron chi connectivity index (χ3n) is 1.13. The van der Waals surface area contributed by atoms with Crippen LogP contribution in [-0.2, 0) is 9.47 Å². The monoisotopic (exact) mass is 162 g/mol. The zero-order valence-corrected chi connectivity index (χ0v) is 6.92. The normalized spacial score (nSPS) is 10.4. The number of rotatable bonds is 8. The van der Waals surface area contributed by atoms with Crippen LogP contribution in [0.25, 0.3) is 0 Å². The minimum atomic E-state index is 0.572. The van der Waals surface area contributed by atoms with Gasteiger partial charge in [-0.2, -0.15) is 0 Å². The van der Waals surface area contributed by atoms with Gasteiger partial charge in [-0.15, -0.1) is 0 Å². The maximum Gasteiger partial charge on any atom is 0.0701 e. The fourth-order valence-corrected chi connectivity index (χ4v) is 0.591. The van der Waals surface area contributed by atoms with E-state index < -0.39 is 0 Å². The number of ether oxygens (including phenoxy) is 2. The van der Waals surface area contributed by atoms with Crippen molar-refractivity contribution in [3.05, 3.63) is 0 Å². The van der Waals surface area contributed by atoms with Crippen molar-refractivity contribution in [2.45, 2.75) is 6.42 Å². The van der Waals surface area contributed by atoms with Gasteiger partial charge >= 0.3 is 0 Å². The summed E-state index contributed by atoms with van der Waals surface area (Å²) in [6.45, 7) is 3.86. The first kappa shape index (κ1) is 10.8. The molecule has 0 fully saturated rings. The highest BCUT2D eigenvalue weighted by atomic mass is 16.5. The molecule has 0 aliphatic carbocycles. The van der Waals surface area contributed by atoms with Gasteiger partial charge in [0.15, 0.2) is 0 Å². The molecule has 4 N–H and O–H groups in total. The molecule has 0 amide bonds. The summed E-state index contributed by atoms with van der Waals surface area (Å²) in [7, 11) is 0. The molecular weight excluding hydrogens is 144 g/mol. The van der Waals surface area contributed by atoms with Gasteiger partial charge in [0.05, 0.1) is 19.8 Å². The van der Waals surface area contributed by atoms with E-state index in [9.17, 15) is 0 Å². The molecule has 0 saturated heterocycles. The van der Waals surface area contributed by atoms with E-state index in [1.165, 1.54) is 0 Å². The van der Waals surface area contributed by atoms with Gasteiger partial charge in [-0.05, 0) is 13.0 Å². The Kier molecular flexibility index (Phi) is 9.70. The van der Waals surface area contributed by atoms with Crippen LogP contribution in [0, 0.1) is 0 Å². The largest absolute Gasteiger partial charge is 0.379 e. The van der Waals surface area contributed by atoms with Crippen molar-refractivity contribution in [1.82, 2.24) is 0 Å². The molecule has 0 saturated carbocycles. The molecule has 11 heavy (non-hydrogen) atoms. The molecule has 4 heteroatoms. The van der Waals surface area contributed by atoms with Gasteiger partial charge in [0, 0.05) is 13.2 Å². The maximum atomic E-state index is 5.26. The lowest BCUT2D eigenvalue weighted by Gasteiger charge is -2.03. The van der Waals surface area contributed by atoms with Crippen molar-refractivity contribution >= 4 is 0 Å². The lowest BCUT2D eigenvalue weighted by molar-refractivity contribution is 0.0504. The molecule has 0 bridgehead atoms. The SMILES string of the molecule is NCCCOCCOCCN. The molecule has 0 aromatic rings. The Balaban J connectivity index is 2.69. The fraction of sp³-hybridized carbons (Fsp3) is 1.00. The second-order valence-electron chi connectivity index (χ2n) is 2.16. The average Bonchev–Trinajstić information content (AvgIpc) is 2.03. The molecule has 0 aromatic heterocycles. The Labute approximate surface area is 67.8 Å². The van der Waals surface area contributed by atoms with Gasteiger partial charge in [0.2, 0.25) is 0 Å². The summed E-state index contributed by atoms with van der Waals surface area (Å²) in [5.74, 6) is 0. The van der Waals surface area contributed by atoms with E-state index in [0.29, 0.717) is 32.9 Å². The first-order valence-corrected chi connectivity index (χ1v) is 3.97. The Hall–Kier alpha value is -0.160. The van der Waals surface area contributed by atoms with Crippen molar-refractivity contribution in [2.75, 3.05) is 39.5 Å². The van der Waals surface area contributed by atoms with Gasteiger partial charge in [0.25, 0.3) is 0 Å². The zero-order chi connectivity index (χ0) is 8.36. The molecule has 0 heterocycles. The highest BCUT2D eigenvalue weighted by Crippen LogP contribution is 1.80. The first-order chi connectivity index (χ1) is 5.41. The van der Waals surface area contributed by atoms with E-state index in [2.05, 4.69) is 0 Å². The van der Waals surface area contributed by atoms with Gasteiger partial charge in [-0.25, -0.2) is 0 Å². The number of nitrogens with two attached hydrogens (primary N) is 2. The van der Waals surface area contributed by atoms with Crippen molar-refractivity contribution in [3.8, 4) is 0 Å². The Morgan fingerprint density at radius 1 is 0.727 bits per heavy atom. The van der Waals surface area contributed by atoms with E-state index in [4.69, 9.17) is 20.9 Å². The van der Waals surface area contributed by atoms with Crippen LogP contribution in [-0.4, -0.2) is 39.5 Å². The molecule has 0 aliphatic heterocycles. The van der Waals surface area contributed by atoms with E-state index >= 15 is 0 Å². The maximum absolute atomic E-state index is 5.26. The fourth-order valence-electron chi connectivity index (χ4n) is 0.591. The molecule has 0 spiro atoms. The third-order valence-corrected chi connectivity index (χ3v) is 1.13. The summed E-state index contributed by atoms with van der Waals surface area (Å²) >= 11 is 0. The number of hydrogen-bond acceptors (Lipinski definition) is 4. The van der Waals surface area contributed by atoms with Crippen LogP contribution in [0.3, 0.4) is 0 Å². The van der Waals surface area contributed by atoms with Crippen molar-refractivity contribution in [1.29, 1.82) is 0 Å². The minimum absolute atomic E-state index is 0.572. The summed E-state index contributed by atoms with van der Waals surface area (Å²) in [6.07, 6.45) is 0.914. The quantitative estimate of drug-likeness (QED) is 0.464. The van der Waals surface area contributed by atoms with Gasteiger partial charge < -0.3 is 20.9 Å². The summed E-state index contributed by atoms with van der Waals surface area (Å²) in [5.41, 5.74) is 10.5. The number of hydrogen-bond donors (Lipinski definition) is 2. The first-order valence-electron chi connectivity index (χ1n) is 3.97. The molecule has 0 radical (unpaired) electrons. The standard InChI is InChI=1S/C7H18N2O2/c8-2-1-4-10-6-7-11-5-3-9/h1-9H2. The van der Waals surface area contributed by atoms with Gasteiger partial charge in [-0.1, -0.05) is 0 Å². The predicted octanol–water partition coefficient (Wildman–Crippen LogP) is -0.673. The summed E-state index contributed by atoms with van der Waals surface area (Å²) in [4.78, 5) is 0. The molecule has 0 aromatic carbocycles. The third kappa shape index (κ3) is 9.84. The molecular formula is C7H18N2O2. The Bertz CT molecular complexity index is 63.5. The zero-order valence-electron chi connectivity index (χ0n) is 6.92. The summed E-state index contributed by atoms with van der Waals surface area (Å²) < 4.78 is 10.3. The molecule has 0 unspecified atom stereocenters. The Morgan fingerprint density at radius 3 is 1.91 bits per heavy atom. The van der Waals surface area contributed by atoms with Crippen LogP contribution in [0.1, 0.15) is 6.42 Å². The van der Waals surface area contributed by atoms with Crippen molar-refractivity contribution in [2.24, 2.45) is 11.5 Å². The molecule has 0 aliphatic rings. The minimum Gasteiger partial charge on any atom is -0.379 e. The van der Waals surface area contributed by atoms with Crippen LogP contribution < -0.4 is 11.5 Å². The lowest BCUT2D eigenvalue weighted by Crippen LogP contribution is -2.13. The van der Waals surface area contributed by atoms with Crippen molar-refractivity contribution < 1.29 is 9.47 Å². The Morgan fingerprint density at radius 2 is 1.36 bits per heavy atom. The predicted molar refractivity (Wildman–Crippen MR) is 44.4 cm³/mol. The van der Waals surface area contributed by atoms with Crippen LogP contribution in [0.2, 0.25) is 0 Å². The topological polar surface area (TPSA) is 70.5 Å². The van der Waals surface area contributed by atoms with Crippen LogP contribution >= 0.6 is 0 Å². The lowest BCUT2D eigenvalue weighted by atomic mass is 10.5. The van der Waals surface area contributed by atoms with E-state index in [-0.39, 0.29) is 0 Å². The second kappa shape index (κ2) is 9.84. The highest BCUT2D eigenvalue weighted by molar-refractivity contribution is 4.36. The van der Waals surface area contributed by atoms with E-state index in [1.54, 1.807) is 0 Å². The van der Waals surface area contributed by atoms with Crippen LogP contribution in [0.4, 0.5) is 0 Å². The highest BCUT2D eigenvalue weighted by Gasteiger charge is 1.87. The second-order valence-corrected chi connectivity index (χ2v) is 2.16. The average molecular weight is 162 g/mol. The van der Waals surface area contributed by atoms with Crippen LogP contribution in [0.15, 0.2) is 0 Å². The van der Waals surface area contributed by atoms with Crippen LogP contribution in [0.5, 0.6) is 0 Å². The summed E-state index contributed by atoms with van der Waals surface area (Å²) in [6, 6.07) is 0.